The van der Waals surface area contributed by atoms with Gasteiger partial charge < -0.3 is 9.64 Å². The lowest BCUT2D eigenvalue weighted by Crippen LogP contribution is -2.48. The van der Waals surface area contributed by atoms with Crippen molar-refractivity contribution in [2.24, 2.45) is 0 Å². The Hall–Kier alpha value is -1.13. The van der Waals surface area contributed by atoms with E-state index in [9.17, 15) is 0 Å². The number of rotatable bonds is 1. The molecule has 0 aromatic carbocycles. The minimum absolute atomic E-state index is 0.344. The normalized spacial score (nSPS) is 29.4. The van der Waals surface area contributed by atoms with Crippen molar-refractivity contribution < 1.29 is 4.74 Å². The van der Waals surface area contributed by atoms with E-state index in [0.29, 0.717) is 12.1 Å². The van der Waals surface area contributed by atoms with E-state index in [0.717, 1.165) is 37.8 Å². The van der Waals surface area contributed by atoms with E-state index in [1.54, 1.807) is 0 Å². The van der Waals surface area contributed by atoms with Crippen LogP contribution in [-0.4, -0.2) is 55.3 Å². The van der Waals surface area contributed by atoms with Gasteiger partial charge in [-0.3, -0.25) is 4.90 Å². The van der Waals surface area contributed by atoms with Crippen molar-refractivity contribution in [3.63, 3.8) is 0 Å². The average molecular weight is 233 g/mol. The molecule has 3 rings (SSSR count). The molecule has 17 heavy (non-hydrogen) atoms. The van der Waals surface area contributed by atoms with Gasteiger partial charge in [0.25, 0.3) is 0 Å². The maximum atomic E-state index is 5.84. The van der Waals surface area contributed by atoms with Gasteiger partial charge in [-0.25, -0.2) is 4.98 Å². The number of pyridine rings is 1. The monoisotopic (exact) mass is 233 g/mol. The van der Waals surface area contributed by atoms with Crippen molar-refractivity contribution in [3.8, 4) is 0 Å². The van der Waals surface area contributed by atoms with Gasteiger partial charge in [-0.15, -0.1) is 0 Å². The number of likely N-dealkylation sites (N-methyl/N-ethyl adjacent to an activating group) is 1. The highest BCUT2D eigenvalue weighted by Gasteiger charge is 2.38. The highest BCUT2D eigenvalue weighted by molar-refractivity contribution is 5.41. The maximum Gasteiger partial charge on any atom is 0.128 e. The summed E-state index contributed by atoms with van der Waals surface area (Å²) in [6.07, 6.45) is 0.344. The Morgan fingerprint density at radius 3 is 3.00 bits per heavy atom. The summed E-state index contributed by atoms with van der Waals surface area (Å²) >= 11 is 0. The molecule has 1 aromatic rings. The van der Waals surface area contributed by atoms with Gasteiger partial charge >= 0.3 is 0 Å². The molecule has 0 radical (unpaired) electrons. The van der Waals surface area contributed by atoms with E-state index >= 15 is 0 Å². The maximum absolute atomic E-state index is 5.84. The summed E-state index contributed by atoms with van der Waals surface area (Å²) in [5.41, 5.74) is 1.08. The van der Waals surface area contributed by atoms with Crippen molar-refractivity contribution >= 4 is 5.82 Å². The second-order valence-corrected chi connectivity index (χ2v) is 5.00. The van der Waals surface area contributed by atoms with Crippen LogP contribution in [0.25, 0.3) is 0 Å². The van der Waals surface area contributed by atoms with E-state index in [2.05, 4.69) is 34.0 Å². The van der Waals surface area contributed by atoms with E-state index in [1.807, 2.05) is 13.0 Å². The first-order chi connectivity index (χ1) is 8.24. The summed E-state index contributed by atoms with van der Waals surface area (Å²) in [4.78, 5) is 9.33. The number of anilines is 1. The number of fused-ring (bicyclic) bond motifs is 1. The van der Waals surface area contributed by atoms with Crippen LogP contribution in [0.1, 0.15) is 5.69 Å². The molecule has 92 valence electrons. The summed E-state index contributed by atoms with van der Waals surface area (Å²) in [5, 5.41) is 0. The van der Waals surface area contributed by atoms with E-state index in [1.165, 1.54) is 0 Å². The van der Waals surface area contributed by atoms with Crippen molar-refractivity contribution in [1.29, 1.82) is 0 Å². The van der Waals surface area contributed by atoms with Gasteiger partial charge in [-0.05, 0) is 26.1 Å². The highest BCUT2D eigenvalue weighted by atomic mass is 16.5. The van der Waals surface area contributed by atoms with Gasteiger partial charge in [0.05, 0.1) is 18.8 Å². The molecule has 4 heteroatoms. The minimum atomic E-state index is 0.344. The predicted octanol–water partition coefficient (Wildman–Crippen LogP) is 0.909. The molecule has 2 aliphatic heterocycles. The summed E-state index contributed by atoms with van der Waals surface area (Å²) in [7, 11) is 2.19. The van der Waals surface area contributed by atoms with Gasteiger partial charge in [0.1, 0.15) is 5.82 Å². The summed E-state index contributed by atoms with van der Waals surface area (Å²) in [6.45, 7) is 5.92. The highest BCUT2D eigenvalue weighted by Crippen LogP contribution is 2.25. The Balaban J connectivity index is 1.79. The third-order valence-corrected chi connectivity index (χ3v) is 3.78. The van der Waals surface area contributed by atoms with Crippen LogP contribution in [0.15, 0.2) is 18.2 Å². The lowest BCUT2D eigenvalue weighted by atomic mass is 10.1. The van der Waals surface area contributed by atoms with E-state index < -0.39 is 0 Å². The molecule has 2 unspecified atom stereocenters. The molecule has 0 aliphatic carbocycles. The third kappa shape index (κ3) is 2.03. The van der Waals surface area contributed by atoms with Gasteiger partial charge in [0.2, 0.25) is 0 Å². The van der Waals surface area contributed by atoms with Crippen molar-refractivity contribution in [2.75, 3.05) is 38.2 Å². The van der Waals surface area contributed by atoms with E-state index in [-0.39, 0.29) is 0 Å². The van der Waals surface area contributed by atoms with Crippen LogP contribution in [-0.2, 0) is 4.74 Å². The zero-order chi connectivity index (χ0) is 11.8. The zero-order valence-corrected chi connectivity index (χ0v) is 10.5. The second kappa shape index (κ2) is 4.27. The fraction of sp³-hybridized carbons (Fsp3) is 0.615. The minimum Gasteiger partial charge on any atom is -0.373 e. The molecule has 3 heterocycles. The van der Waals surface area contributed by atoms with Gasteiger partial charge in [0.15, 0.2) is 0 Å². The molecule has 0 bridgehead atoms. The lowest BCUT2D eigenvalue weighted by molar-refractivity contribution is -0.0362. The standard InChI is InChI=1S/C13H19N3O/c1-10-4-3-5-13(14-10)16-8-11-12(9-16)17-7-6-15(11)2/h3-5,11-12H,6-9H2,1-2H3. The van der Waals surface area contributed by atoms with Crippen LogP contribution < -0.4 is 4.90 Å². The van der Waals surface area contributed by atoms with Gasteiger partial charge in [-0.1, -0.05) is 6.07 Å². The molecule has 0 N–H and O–H groups in total. The number of hydrogen-bond acceptors (Lipinski definition) is 4. The lowest BCUT2D eigenvalue weighted by Gasteiger charge is -2.33. The Kier molecular flexibility index (Phi) is 2.76. The molecule has 2 fully saturated rings. The van der Waals surface area contributed by atoms with Crippen molar-refractivity contribution in [2.45, 2.75) is 19.1 Å². The Morgan fingerprint density at radius 2 is 2.24 bits per heavy atom. The molecule has 0 saturated carbocycles. The summed E-state index contributed by atoms with van der Waals surface area (Å²) < 4.78 is 5.84. The predicted molar refractivity (Wildman–Crippen MR) is 67.3 cm³/mol. The van der Waals surface area contributed by atoms with E-state index in [4.69, 9.17) is 4.74 Å². The van der Waals surface area contributed by atoms with Crippen LogP contribution in [0, 0.1) is 6.92 Å². The van der Waals surface area contributed by atoms with Crippen LogP contribution >= 0.6 is 0 Å². The number of aromatic nitrogens is 1. The smallest absolute Gasteiger partial charge is 0.128 e. The number of nitrogens with zero attached hydrogens (tertiary/aromatic N) is 3. The number of hydrogen-bond donors (Lipinski definition) is 0. The quantitative estimate of drug-likeness (QED) is 0.721. The molecule has 1 aromatic heterocycles. The third-order valence-electron chi connectivity index (χ3n) is 3.78. The topological polar surface area (TPSA) is 28.6 Å². The first-order valence-corrected chi connectivity index (χ1v) is 6.24. The number of ether oxygens (including phenoxy) is 1. The number of aryl methyl sites for hydroxylation is 1. The van der Waals surface area contributed by atoms with Gasteiger partial charge in [-0.2, -0.15) is 0 Å². The molecule has 4 nitrogen and oxygen atoms in total. The fourth-order valence-electron chi connectivity index (χ4n) is 2.75. The Labute approximate surface area is 102 Å². The fourth-order valence-corrected chi connectivity index (χ4v) is 2.75. The molecule has 0 spiro atoms. The molecular weight excluding hydrogens is 214 g/mol. The molecule has 2 atom stereocenters. The first kappa shape index (κ1) is 11.0. The van der Waals surface area contributed by atoms with Crippen LogP contribution in [0.2, 0.25) is 0 Å². The van der Waals surface area contributed by atoms with Crippen LogP contribution in [0.3, 0.4) is 0 Å². The molecule has 0 amide bonds. The van der Waals surface area contributed by atoms with Crippen LogP contribution in [0.4, 0.5) is 5.82 Å². The van der Waals surface area contributed by atoms with Crippen LogP contribution in [0.5, 0.6) is 0 Å². The molecule has 2 aliphatic rings. The van der Waals surface area contributed by atoms with Gasteiger partial charge in [0, 0.05) is 25.3 Å². The molecular formula is C13H19N3O. The Morgan fingerprint density at radius 1 is 1.35 bits per heavy atom. The second-order valence-electron chi connectivity index (χ2n) is 5.00. The zero-order valence-electron chi connectivity index (χ0n) is 10.5. The average Bonchev–Trinajstić information content (AvgIpc) is 2.74. The summed E-state index contributed by atoms with van der Waals surface area (Å²) in [5.74, 6) is 1.08. The number of morpholine rings is 1. The SMILES string of the molecule is Cc1cccc(N2CC3OCCN(C)C3C2)n1. The summed E-state index contributed by atoms with van der Waals surface area (Å²) in [6, 6.07) is 6.72. The van der Waals surface area contributed by atoms with Crippen molar-refractivity contribution in [1.82, 2.24) is 9.88 Å². The molecule has 2 saturated heterocycles. The first-order valence-electron chi connectivity index (χ1n) is 6.24. The Bertz CT molecular complexity index is 409. The largest absolute Gasteiger partial charge is 0.373 e. The van der Waals surface area contributed by atoms with Crippen molar-refractivity contribution in [3.05, 3.63) is 23.9 Å².